The molecule has 0 N–H and O–H groups in total. The fourth-order valence-electron chi connectivity index (χ4n) is 2.06. The predicted molar refractivity (Wildman–Crippen MR) is 67.7 cm³/mol. The average Bonchev–Trinajstić information content (AvgIpc) is 2.26. The van der Waals surface area contributed by atoms with Crippen molar-refractivity contribution in [3.8, 4) is 5.75 Å². The maximum atomic E-state index is 6.19. The topological polar surface area (TPSA) is 35.0 Å². The van der Waals surface area contributed by atoms with Crippen molar-refractivity contribution in [3.05, 3.63) is 29.2 Å². The molecule has 1 aliphatic carbocycles. The fraction of sp³-hybridized carbons (Fsp3) is 0.385. The number of benzene rings is 1. The first-order chi connectivity index (χ1) is 8.28. The minimum atomic E-state index is 0.489. The lowest BCUT2D eigenvalue weighted by Gasteiger charge is -2.24. The smallest absolute Gasteiger partial charge is 0.140 e. The van der Waals surface area contributed by atoms with E-state index in [1.54, 1.807) is 7.11 Å². The molecular formula is C13H13ClN2O. The van der Waals surface area contributed by atoms with Crippen molar-refractivity contribution in [1.29, 1.82) is 0 Å². The summed E-state index contributed by atoms with van der Waals surface area (Å²) in [4.78, 5) is 8.98. The molecule has 17 heavy (non-hydrogen) atoms. The maximum Gasteiger partial charge on any atom is 0.140 e. The van der Waals surface area contributed by atoms with E-state index < -0.39 is 0 Å². The molecule has 0 spiro atoms. The molecule has 1 aliphatic rings. The summed E-state index contributed by atoms with van der Waals surface area (Å²) in [6.07, 6.45) is 3.61. The van der Waals surface area contributed by atoms with E-state index in [1.165, 1.54) is 19.3 Å². The molecule has 1 aromatic carbocycles. The van der Waals surface area contributed by atoms with Gasteiger partial charge >= 0.3 is 0 Å². The SMILES string of the molecule is COc1ccc2c(Cl)nc(C3CCC3)nc2c1. The molecule has 88 valence electrons. The number of hydrogen-bond acceptors (Lipinski definition) is 3. The summed E-state index contributed by atoms with van der Waals surface area (Å²) in [5.74, 6) is 2.16. The van der Waals surface area contributed by atoms with Crippen LogP contribution in [0.3, 0.4) is 0 Å². The molecule has 4 heteroatoms. The quantitative estimate of drug-likeness (QED) is 0.763. The fourth-order valence-corrected chi connectivity index (χ4v) is 2.31. The van der Waals surface area contributed by atoms with E-state index in [2.05, 4.69) is 9.97 Å². The van der Waals surface area contributed by atoms with Crippen LogP contribution in [0.15, 0.2) is 18.2 Å². The van der Waals surface area contributed by atoms with E-state index in [4.69, 9.17) is 16.3 Å². The lowest BCUT2D eigenvalue weighted by atomic mass is 9.85. The standard InChI is InChI=1S/C13H13ClN2O/c1-17-9-5-6-10-11(7-9)15-13(16-12(10)14)8-3-2-4-8/h5-8H,2-4H2,1H3. The van der Waals surface area contributed by atoms with Crippen molar-refractivity contribution >= 4 is 22.5 Å². The molecule has 1 fully saturated rings. The highest BCUT2D eigenvalue weighted by Crippen LogP contribution is 2.36. The maximum absolute atomic E-state index is 6.19. The van der Waals surface area contributed by atoms with Gasteiger partial charge in [-0.1, -0.05) is 18.0 Å². The van der Waals surface area contributed by atoms with Crippen LogP contribution >= 0.6 is 11.6 Å². The van der Waals surface area contributed by atoms with Gasteiger partial charge in [0, 0.05) is 17.4 Å². The van der Waals surface area contributed by atoms with E-state index in [9.17, 15) is 0 Å². The number of aromatic nitrogens is 2. The van der Waals surface area contributed by atoms with Crippen LogP contribution in [0, 0.1) is 0 Å². The van der Waals surface area contributed by atoms with E-state index in [0.717, 1.165) is 22.5 Å². The summed E-state index contributed by atoms with van der Waals surface area (Å²) in [5, 5.41) is 1.43. The van der Waals surface area contributed by atoms with E-state index >= 15 is 0 Å². The molecule has 3 nitrogen and oxygen atoms in total. The molecule has 3 rings (SSSR count). The van der Waals surface area contributed by atoms with Crippen molar-refractivity contribution in [3.63, 3.8) is 0 Å². The second-order valence-electron chi connectivity index (χ2n) is 4.38. The van der Waals surface area contributed by atoms with Crippen molar-refractivity contribution in [2.24, 2.45) is 0 Å². The first-order valence-corrected chi connectivity index (χ1v) is 6.17. The van der Waals surface area contributed by atoms with Gasteiger partial charge in [0.15, 0.2) is 0 Å². The summed E-state index contributed by atoms with van der Waals surface area (Å²) >= 11 is 6.19. The van der Waals surface area contributed by atoms with Crippen molar-refractivity contribution in [2.45, 2.75) is 25.2 Å². The third kappa shape index (κ3) is 1.84. The molecule has 0 atom stereocenters. The second kappa shape index (κ2) is 4.15. The normalized spacial score (nSPS) is 15.9. The van der Waals surface area contributed by atoms with E-state index in [0.29, 0.717) is 11.1 Å². The van der Waals surface area contributed by atoms with Crippen LogP contribution in [0.1, 0.15) is 31.0 Å². The number of nitrogens with zero attached hydrogens (tertiary/aromatic N) is 2. The lowest BCUT2D eigenvalue weighted by molar-refractivity contribution is 0.402. The highest BCUT2D eigenvalue weighted by Gasteiger charge is 2.23. The van der Waals surface area contributed by atoms with Gasteiger partial charge in [0.2, 0.25) is 0 Å². The summed E-state index contributed by atoms with van der Waals surface area (Å²) in [5.41, 5.74) is 0.867. The summed E-state index contributed by atoms with van der Waals surface area (Å²) < 4.78 is 5.20. The Morgan fingerprint density at radius 1 is 1.29 bits per heavy atom. The van der Waals surface area contributed by atoms with Gasteiger partial charge in [-0.2, -0.15) is 0 Å². The summed E-state index contributed by atoms with van der Waals surface area (Å²) in [7, 11) is 1.65. The molecule has 0 radical (unpaired) electrons. The molecule has 0 saturated heterocycles. The van der Waals surface area contributed by atoms with Crippen molar-refractivity contribution in [2.75, 3.05) is 7.11 Å². The molecule has 1 heterocycles. The first-order valence-electron chi connectivity index (χ1n) is 5.79. The number of halogens is 1. The Morgan fingerprint density at radius 2 is 2.12 bits per heavy atom. The minimum absolute atomic E-state index is 0.489. The minimum Gasteiger partial charge on any atom is -0.497 e. The highest BCUT2D eigenvalue weighted by molar-refractivity contribution is 6.34. The van der Waals surface area contributed by atoms with Crippen LogP contribution < -0.4 is 4.74 Å². The molecule has 1 aromatic heterocycles. The van der Waals surface area contributed by atoms with Crippen LogP contribution in [-0.4, -0.2) is 17.1 Å². The molecule has 0 aliphatic heterocycles. The number of rotatable bonds is 2. The van der Waals surface area contributed by atoms with Crippen LogP contribution in [0.2, 0.25) is 5.15 Å². The number of fused-ring (bicyclic) bond motifs is 1. The summed E-state index contributed by atoms with van der Waals surface area (Å²) in [6.45, 7) is 0. The van der Waals surface area contributed by atoms with E-state index in [-0.39, 0.29) is 0 Å². The number of hydrogen-bond donors (Lipinski definition) is 0. The van der Waals surface area contributed by atoms with Gasteiger partial charge in [0.1, 0.15) is 16.7 Å². The molecule has 1 saturated carbocycles. The second-order valence-corrected chi connectivity index (χ2v) is 4.74. The van der Waals surface area contributed by atoms with E-state index in [1.807, 2.05) is 18.2 Å². The molecule has 0 amide bonds. The summed E-state index contributed by atoms with van der Waals surface area (Å²) in [6, 6.07) is 5.69. The Bertz CT molecular complexity index is 567. The van der Waals surface area contributed by atoms with Gasteiger partial charge < -0.3 is 4.74 Å². The third-order valence-electron chi connectivity index (χ3n) is 3.35. The largest absolute Gasteiger partial charge is 0.497 e. The van der Waals surface area contributed by atoms with Gasteiger partial charge in [-0.05, 0) is 25.0 Å². The van der Waals surface area contributed by atoms with Crippen molar-refractivity contribution in [1.82, 2.24) is 9.97 Å². The van der Waals surface area contributed by atoms with Gasteiger partial charge in [-0.3, -0.25) is 0 Å². The Kier molecular flexibility index (Phi) is 2.63. The predicted octanol–water partition coefficient (Wildman–Crippen LogP) is 3.56. The zero-order valence-corrected chi connectivity index (χ0v) is 10.4. The van der Waals surface area contributed by atoms with Crippen molar-refractivity contribution < 1.29 is 4.74 Å². The van der Waals surface area contributed by atoms with Crippen LogP contribution in [0.25, 0.3) is 10.9 Å². The number of methoxy groups -OCH3 is 1. The van der Waals surface area contributed by atoms with Gasteiger partial charge in [-0.15, -0.1) is 0 Å². The van der Waals surface area contributed by atoms with Crippen LogP contribution in [0.5, 0.6) is 5.75 Å². The Balaban J connectivity index is 2.14. The Labute approximate surface area is 105 Å². The van der Waals surface area contributed by atoms with Crippen LogP contribution in [0.4, 0.5) is 0 Å². The Hall–Kier alpha value is -1.35. The highest BCUT2D eigenvalue weighted by atomic mass is 35.5. The molecule has 0 bridgehead atoms. The third-order valence-corrected chi connectivity index (χ3v) is 3.63. The number of ether oxygens (including phenoxy) is 1. The molecule has 2 aromatic rings. The Morgan fingerprint density at radius 3 is 2.76 bits per heavy atom. The van der Waals surface area contributed by atoms with Crippen LogP contribution in [-0.2, 0) is 0 Å². The van der Waals surface area contributed by atoms with Gasteiger partial charge in [0.05, 0.1) is 12.6 Å². The average molecular weight is 249 g/mol. The zero-order chi connectivity index (χ0) is 11.8. The lowest BCUT2D eigenvalue weighted by Crippen LogP contribution is -2.12. The first kappa shape index (κ1) is 10.8. The molecule has 0 unspecified atom stereocenters. The zero-order valence-electron chi connectivity index (χ0n) is 9.61. The molecular weight excluding hydrogens is 236 g/mol. The van der Waals surface area contributed by atoms with Gasteiger partial charge in [-0.25, -0.2) is 9.97 Å². The monoisotopic (exact) mass is 248 g/mol. The van der Waals surface area contributed by atoms with Gasteiger partial charge in [0.25, 0.3) is 0 Å².